The number of rotatable bonds is 6. The maximum atomic E-state index is 12.0. The van der Waals surface area contributed by atoms with Gasteiger partial charge in [-0.1, -0.05) is 17.3 Å². The molecular weight excluding hydrogens is 436 g/mol. The van der Waals surface area contributed by atoms with Gasteiger partial charge in [0.1, 0.15) is 22.8 Å². The number of aliphatic hydroxyl groups excluding tert-OH is 1. The van der Waals surface area contributed by atoms with Crippen LogP contribution in [0.15, 0.2) is 52.4 Å². The molecule has 1 unspecified atom stereocenters. The molecule has 9 nitrogen and oxygen atoms in total. The molecule has 2 N–H and O–H groups in total. The van der Waals surface area contributed by atoms with Gasteiger partial charge >= 0.3 is 17.8 Å². The number of carbonyl (C=O) groups excluding carboxylic acids is 2. The summed E-state index contributed by atoms with van der Waals surface area (Å²) < 4.78 is 22.6. The molecule has 4 rings (SSSR count). The van der Waals surface area contributed by atoms with Crippen molar-refractivity contribution in [1.82, 2.24) is 10.5 Å². The Labute approximate surface area is 187 Å². The van der Waals surface area contributed by atoms with Gasteiger partial charge in [0, 0.05) is 23.3 Å². The second-order valence-corrected chi connectivity index (χ2v) is 9.13. The molecule has 10 heteroatoms. The second-order valence-electron chi connectivity index (χ2n) is 8.22. The normalized spacial score (nSPS) is 17.0. The molecular formula is C22H22N2O7S. The minimum absolute atomic E-state index is 0.333. The minimum Gasteiger partial charge on any atom is -0.490 e. The lowest BCUT2D eigenvalue weighted by atomic mass is 10.1. The lowest BCUT2D eigenvalue weighted by Crippen LogP contribution is -2.66. The van der Waals surface area contributed by atoms with Crippen LogP contribution >= 0.6 is 11.3 Å². The van der Waals surface area contributed by atoms with Crippen LogP contribution < -0.4 is 10.1 Å². The first-order valence-electron chi connectivity index (χ1n) is 9.83. The Morgan fingerprint density at radius 3 is 2.59 bits per heavy atom. The topological polar surface area (TPSA) is 120 Å². The summed E-state index contributed by atoms with van der Waals surface area (Å²) in [7, 11) is 0. The fourth-order valence-corrected chi connectivity index (χ4v) is 4.01. The number of fused-ring (bicyclic) bond motifs is 1. The van der Waals surface area contributed by atoms with E-state index in [-0.39, 0.29) is 6.61 Å². The van der Waals surface area contributed by atoms with Gasteiger partial charge in [-0.15, -0.1) is 11.3 Å². The number of aromatic nitrogens is 1. The van der Waals surface area contributed by atoms with Crippen molar-refractivity contribution in [2.45, 2.75) is 38.3 Å². The van der Waals surface area contributed by atoms with Crippen molar-refractivity contribution in [2.24, 2.45) is 0 Å². The van der Waals surface area contributed by atoms with Crippen LogP contribution in [0, 0.1) is 0 Å². The predicted octanol–water partition coefficient (Wildman–Crippen LogP) is 2.99. The van der Waals surface area contributed by atoms with Crippen LogP contribution in [0.3, 0.4) is 0 Å². The number of cyclic esters (lactones) is 2. The van der Waals surface area contributed by atoms with Gasteiger partial charge in [0.05, 0.1) is 0 Å². The van der Waals surface area contributed by atoms with Crippen LogP contribution in [0.25, 0.3) is 21.5 Å². The first-order valence-corrected chi connectivity index (χ1v) is 10.7. The highest BCUT2D eigenvalue weighted by Crippen LogP contribution is 2.33. The van der Waals surface area contributed by atoms with Crippen molar-refractivity contribution in [3.63, 3.8) is 0 Å². The highest BCUT2D eigenvalue weighted by molar-refractivity contribution is 7.17. The Bertz CT molecular complexity index is 1150. The molecule has 0 aliphatic carbocycles. The molecule has 168 valence electrons. The SMILES string of the molecule is CC(C)(C)NC1(C(O)COc2cccc(-c3noc4ccsc34)c2)OC(=O)C=CC(=O)O1. The van der Waals surface area contributed by atoms with E-state index in [4.69, 9.17) is 18.7 Å². The average Bonchev–Trinajstić information content (AvgIpc) is 3.29. The van der Waals surface area contributed by atoms with Crippen molar-refractivity contribution in [1.29, 1.82) is 0 Å². The lowest BCUT2D eigenvalue weighted by Gasteiger charge is -2.39. The van der Waals surface area contributed by atoms with Crippen LogP contribution in [0.4, 0.5) is 0 Å². The molecule has 3 aromatic rings. The molecule has 1 aliphatic heterocycles. The summed E-state index contributed by atoms with van der Waals surface area (Å²) in [6.45, 7) is 4.99. The molecule has 0 amide bonds. The van der Waals surface area contributed by atoms with Crippen LogP contribution in [-0.4, -0.2) is 46.4 Å². The van der Waals surface area contributed by atoms with Gasteiger partial charge in [0.25, 0.3) is 0 Å². The van der Waals surface area contributed by atoms with Crippen molar-refractivity contribution in [3.8, 4) is 17.0 Å². The number of thiophene rings is 1. The van der Waals surface area contributed by atoms with Crippen molar-refractivity contribution >= 4 is 33.6 Å². The number of benzene rings is 1. The number of nitrogens with zero attached hydrogens (tertiary/aromatic N) is 1. The molecule has 32 heavy (non-hydrogen) atoms. The zero-order valence-electron chi connectivity index (χ0n) is 17.7. The molecule has 2 aromatic heterocycles. The number of hydrogen-bond donors (Lipinski definition) is 2. The first-order chi connectivity index (χ1) is 15.2. The average molecular weight is 458 g/mol. The van der Waals surface area contributed by atoms with Crippen molar-refractivity contribution in [3.05, 3.63) is 47.9 Å². The fraction of sp³-hybridized carbons (Fsp3) is 0.318. The molecule has 0 saturated carbocycles. The molecule has 0 fully saturated rings. The third-order valence-electron chi connectivity index (χ3n) is 4.44. The highest BCUT2D eigenvalue weighted by atomic mass is 32.1. The fourth-order valence-electron chi connectivity index (χ4n) is 3.20. The van der Waals surface area contributed by atoms with E-state index >= 15 is 0 Å². The molecule has 0 radical (unpaired) electrons. The van der Waals surface area contributed by atoms with Crippen molar-refractivity contribution < 1.29 is 33.4 Å². The summed E-state index contributed by atoms with van der Waals surface area (Å²) in [5.41, 5.74) is 1.49. The van der Waals surface area contributed by atoms with Gasteiger partial charge in [-0.05, 0) is 44.4 Å². The summed E-state index contributed by atoms with van der Waals surface area (Å²) in [6.07, 6.45) is 0.345. The number of nitrogens with one attached hydrogen (secondary N) is 1. The smallest absolute Gasteiger partial charge is 0.349 e. The van der Waals surface area contributed by atoms with Crippen LogP contribution in [-0.2, 0) is 19.1 Å². The summed E-state index contributed by atoms with van der Waals surface area (Å²) in [5.74, 6) is -3.35. The maximum Gasteiger partial charge on any atom is 0.349 e. The summed E-state index contributed by atoms with van der Waals surface area (Å²) >= 11 is 1.52. The number of hydrogen-bond acceptors (Lipinski definition) is 10. The Morgan fingerprint density at radius 2 is 1.91 bits per heavy atom. The van der Waals surface area contributed by atoms with E-state index in [2.05, 4.69) is 10.5 Å². The maximum absolute atomic E-state index is 12.0. The van der Waals surface area contributed by atoms with Crippen LogP contribution in [0.1, 0.15) is 20.8 Å². The molecule has 1 aliphatic rings. The molecule has 3 heterocycles. The molecule has 0 saturated heterocycles. The van der Waals surface area contributed by atoms with Crippen molar-refractivity contribution in [2.75, 3.05) is 6.61 Å². The first kappa shape index (κ1) is 22.0. The molecule has 1 atom stereocenters. The van der Waals surface area contributed by atoms with E-state index in [0.29, 0.717) is 17.0 Å². The third-order valence-corrected chi connectivity index (χ3v) is 5.35. The highest BCUT2D eigenvalue weighted by Gasteiger charge is 2.49. The van der Waals surface area contributed by atoms with E-state index < -0.39 is 29.5 Å². The summed E-state index contributed by atoms with van der Waals surface area (Å²) in [4.78, 5) is 24.0. The van der Waals surface area contributed by atoms with E-state index in [1.165, 1.54) is 11.3 Å². The van der Waals surface area contributed by atoms with E-state index in [1.807, 2.05) is 17.5 Å². The van der Waals surface area contributed by atoms with Gasteiger partial charge < -0.3 is 23.8 Å². The summed E-state index contributed by atoms with van der Waals surface area (Å²) in [6, 6.07) is 8.95. The minimum atomic E-state index is -2.12. The van der Waals surface area contributed by atoms with E-state index in [1.54, 1.807) is 39.0 Å². The predicted molar refractivity (Wildman–Crippen MR) is 116 cm³/mol. The Kier molecular flexibility index (Phi) is 5.76. The quantitative estimate of drug-likeness (QED) is 0.537. The third kappa shape index (κ3) is 4.67. The van der Waals surface area contributed by atoms with Gasteiger partial charge in [-0.3, -0.25) is 0 Å². The van der Waals surface area contributed by atoms with E-state index in [0.717, 1.165) is 22.4 Å². The molecule has 1 aromatic carbocycles. The Balaban J connectivity index is 1.54. The van der Waals surface area contributed by atoms with Crippen LogP contribution in [0.5, 0.6) is 5.75 Å². The molecule has 0 bridgehead atoms. The number of esters is 2. The lowest BCUT2D eigenvalue weighted by molar-refractivity contribution is -0.278. The van der Waals surface area contributed by atoms with Gasteiger partial charge in [-0.25, -0.2) is 14.9 Å². The van der Waals surface area contributed by atoms with Gasteiger partial charge in [-0.2, -0.15) is 0 Å². The zero-order chi connectivity index (χ0) is 22.9. The number of ether oxygens (including phenoxy) is 3. The molecule has 0 spiro atoms. The second kappa shape index (κ2) is 8.38. The van der Waals surface area contributed by atoms with Gasteiger partial charge in [0.15, 0.2) is 11.7 Å². The zero-order valence-corrected chi connectivity index (χ0v) is 18.5. The largest absolute Gasteiger partial charge is 0.490 e. The Hall–Kier alpha value is -3.21. The Morgan fingerprint density at radius 1 is 1.19 bits per heavy atom. The standard InChI is InChI=1S/C22H22N2O7S/c1-21(2,3)24-22(29-17(26)7-8-18(27)30-22)16(25)12-28-14-6-4-5-13(11-14)19-20-15(31-23-19)9-10-32-20/h4-11,16,24-25H,12H2,1-3H3. The summed E-state index contributed by atoms with van der Waals surface area (Å²) in [5, 5.41) is 19.8. The van der Waals surface area contributed by atoms with Gasteiger partial charge in [0.2, 0.25) is 0 Å². The van der Waals surface area contributed by atoms with Crippen LogP contribution in [0.2, 0.25) is 0 Å². The number of aliphatic hydroxyl groups is 1. The number of carbonyl (C=O) groups is 2. The van der Waals surface area contributed by atoms with E-state index in [9.17, 15) is 14.7 Å². The monoisotopic (exact) mass is 458 g/mol.